The highest BCUT2D eigenvalue weighted by atomic mass is 35.5. The van der Waals surface area contributed by atoms with Crippen molar-refractivity contribution < 1.29 is 14.3 Å². The monoisotopic (exact) mass is 503 g/mol. The van der Waals surface area contributed by atoms with Crippen LogP contribution < -0.4 is 15.4 Å². The molecule has 1 atom stereocenters. The molecule has 0 saturated heterocycles. The third-order valence-corrected chi connectivity index (χ3v) is 6.41. The smallest absolute Gasteiger partial charge is 0.270 e. The first-order chi connectivity index (χ1) is 17.2. The fraction of sp³-hybridized carbons (Fsp3) is 0.185. The van der Waals surface area contributed by atoms with E-state index in [4.69, 9.17) is 11.6 Å². The summed E-state index contributed by atoms with van der Waals surface area (Å²) in [6.45, 7) is 3.72. The van der Waals surface area contributed by atoms with Gasteiger partial charge in [-0.05, 0) is 47.9 Å². The summed E-state index contributed by atoms with van der Waals surface area (Å²) in [7, 11) is 1.66. The number of carbonyl (C=O) groups is 2. The van der Waals surface area contributed by atoms with Crippen LogP contribution in [-0.2, 0) is 18.3 Å². The largest absolute Gasteiger partial charge is 0.618 e. The molecule has 2 N–H and O–H groups in total. The van der Waals surface area contributed by atoms with Crippen molar-refractivity contribution in [1.29, 1.82) is 0 Å². The summed E-state index contributed by atoms with van der Waals surface area (Å²) in [5.74, 6) is -0.804. The quantitative estimate of drug-likeness (QED) is 0.294. The first-order valence-electron chi connectivity index (χ1n) is 11.4. The number of nitrogens with one attached hydrogen (secondary N) is 2. The van der Waals surface area contributed by atoms with E-state index in [1.165, 1.54) is 17.1 Å². The number of aryl methyl sites for hydroxylation is 2. The average molecular weight is 504 g/mol. The van der Waals surface area contributed by atoms with Gasteiger partial charge in [0.15, 0.2) is 11.9 Å². The van der Waals surface area contributed by atoms with E-state index in [1.54, 1.807) is 50.4 Å². The Morgan fingerprint density at radius 2 is 1.81 bits per heavy atom. The molecule has 0 aliphatic rings. The lowest BCUT2D eigenvalue weighted by molar-refractivity contribution is -0.611. The average Bonchev–Trinajstić information content (AvgIpc) is 3.29. The number of benzene rings is 2. The molecule has 0 aliphatic carbocycles. The van der Waals surface area contributed by atoms with Crippen molar-refractivity contribution in [2.24, 2.45) is 7.05 Å². The van der Waals surface area contributed by atoms with Gasteiger partial charge in [0.1, 0.15) is 11.7 Å². The highest BCUT2D eigenvalue weighted by Crippen LogP contribution is 2.26. The molecule has 0 unspecified atom stereocenters. The summed E-state index contributed by atoms with van der Waals surface area (Å²) >= 11 is 6.32. The van der Waals surface area contributed by atoms with E-state index in [0.717, 1.165) is 27.0 Å². The van der Waals surface area contributed by atoms with Crippen LogP contribution in [0.15, 0.2) is 73.1 Å². The van der Waals surface area contributed by atoms with Crippen LogP contribution in [0.2, 0.25) is 5.02 Å². The minimum atomic E-state index is -0.884. The molecular weight excluding hydrogens is 478 g/mol. The number of rotatable bonds is 7. The Kier molecular flexibility index (Phi) is 7.36. The zero-order valence-corrected chi connectivity index (χ0v) is 20.9. The minimum absolute atomic E-state index is 0.207. The van der Waals surface area contributed by atoms with Crippen LogP contribution in [0, 0.1) is 19.1 Å². The maximum atomic E-state index is 13.3. The molecule has 0 spiro atoms. The van der Waals surface area contributed by atoms with Crippen LogP contribution in [0.4, 0.5) is 5.69 Å². The van der Waals surface area contributed by atoms with Gasteiger partial charge < -0.3 is 15.8 Å². The summed E-state index contributed by atoms with van der Waals surface area (Å²) in [6, 6.07) is 16.9. The Labute approximate surface area is 214 Å². The lowest BCUT2D eigenvalue weighted by Gasteiger charge is -2.19. The Hall–Kier alpha value is -4.17. The van der Waals surface area contributed by atoms with Crippen molar-refractivity contribution in [3.8, 4) is 11.1 Å². The summed E-state index contributed by atoms with van der Waals surface area (Å²) < 4.78 is 2.28. The van der Waals surface area contributed by atoms with Crippen molar-refractivity contribution in [3.63, 3.8) is 0 Å². The number of anilines is 1. The van der Waals surface area contributed by atoms with Gasteiger partial charge in [0.2, 0.25) is 5.91 Å². The topological polar surface area (TPSA) is 103 Å². The summed E-state index contributed by atoms with van der Waals surface area (Å²) in [5.41, 5.74) is 4.93. The molecule has 0 radical (unpaired) electrons. The van der Waals surface area contributed by atoms with Gasteiger partial charge in [-0.1, -0.05) is 41.9 Å². The van der Waals surface area contributed by atoms with Crippen molar-refractivity contribution in [2.45, 2.75) is 26.3 Å². The molecule has 2 amide bonds. The van der Waals surface area contributed by atoms with Gasteiger partial charge in [0.05, 0.1) is 5.56 Å². The van der Waals surface area contributed by atoms with E-state index in [1.807, 2.05) is 31.2 Å². The van der Waals surface area contributed by atoms with E-state index < -0.39 is 11.9 Å². The third-order valence-electron chi connectivity index (χ3n) is 6.05. The molecule has 8 nitrogen and oxygen atoms in total. The number of nitrogens with zero attached hydrogens (tertiary/aromatic N) is 3. The number of halogens is 1. The molecule has 4 aromatic rings. The number of aromatic nitrogens is 3. The van der Waals surface area contributed by atoms with E-state index in [0.29, 0.717) is 22.1 Å². The predicted octanol–water partition coefficient (Wildman–Crippen LogP) is 3.97. The molecule has 184 valence electrons. The Balaban J connectivity index is 1.56. The number of hydrogen-bond acceptors (Lipinski definition) is 4. The zero-order valence-electron chi connectivity index (χ0n) is 20.2. The molecule has 9 heteroatoms. The van der Waals surface area contributed by atoms with Crippen LogP contribution in [-0.4, -0.2) is 27.6 Å². The molecule has 0 aliphatic heterocycles. The Morgan fingerprint density at radius 1 is 1.08 bits per heavy atom. The lowest BCUT2D eigenvalue weighted by Crippen LogP contribution is -2.45. The van der Waals surface area contributed by atoms with Crippen LogP contribution in [0.5, 0.6) is 0 Å². The van der Waals surface area contributed by atoms with E-state index >= 15 is 0 Å². The SMILES string of the molecule is Cc1cc[n+]([O-])c(C)c1-c1ccc(NC(=O)[C@H](Cc2ccccc2Cl)NC(=O)c2ccnn2C)cc1. The molecule has 2 aromatic heterocycles. The number of hydrogen-bond donors (Lipinski definition) is 2. The van der Waals surface area contributed by atoms with Crippen molar-refractivity contribution in [3.05, 3.63) is 106 Å². The maximum absolute atomic E-state index is 13.3. The lowest BCUT2D eigenvalue weighted by atomic mass is 9.99. The van der Waals surface area contributed by atoms with Gasteiger partial charge in [-0.25, -0.2) is 0 Å². The van der Waals surface area contributed by atoms with Gasteiger partial charge in [-0.3, -0.25) is 14.3 Å². The van der Waals surface area contributed by atoms with Crippen molar-refractivity contribution in [1.82, 2.24) is 15.1 Å². The van der Waals surface area contributed by atoms with Crippen molar-refractivity contribution in [2.75, 3.05) is 5.32 Å². The molecule has 36 heavy (non-hydrogen) atoms. The number of carbonyl (C=O) groups excluding carboxylic acids is 2. The maximum Gasteiger partial charge on any atom is 0.270 e. The molecule has 0 bridgehead atoms. The molecule has 0 fully saturated rings. The Bertz CT molecular complexity index is 1420. The fourth-order valence-electron chi connectivity index (χ4n) is 4.08. The molecule has 2 heterocycles. The minimum Gasteiger partial charge on any atom is -0.618 e. The van der Waals surface area contributed by atoms with E-state index in [2.05, 4.69) is 15.7 Å². The van der Waals surface area contributed by atoms with Crippen LogP contribution in [0.1, 0.15) is 27.3 Å². The zero-order chi connectivity index (χ0) is 25.8. The first kappa shape index (κ1) is 24.9. The third kappa shape index (κ3) is 5.39. The van der Waals surface area contributed by atoms with Crippen LogP contribution in [0.25, 0.3) is 11.1 Å². The Morgan fingerprint density at radius 3 is 2.47 bits per heavy atom. The fourth-order valence-corrected chi connectivity index (χ4v) is 4.29. The molecule has 0 saturated carbocycles. The summed E-state index contributed by atoms with van der Waals surface area (Å²) in [4.78, 5) is 26.1. The van der Waals surface area contributed by atoms with E-state index in [-0.39, 0.29) is 12.3 Å². The summed E-state index contributed by atoms with van der Waals surface area (Å²) in [6.07, 6.45) is 3.21. The normalized spacial score (nSPS) is 11.7. The standard InChI is InChI=1S/C27H26ClN5O3/c1-17-13-15-33(36)18(2)25(17)19-8-10-21(11-9-19)30-26(34)23(16-20-6-4-5-7-22(20)28)31-27(35)24-12-14-29-32(24)3/h4-15,23H,16H2,1-3H3,(H,30,34)(H,31,35)/t23-/m0/s1. The molecule has 2 aromatic carbocycles. The van der Waals surface area contributed by atoms with Crippen LogP contribution >= 0.6 is 11.6 Å². The van der Waals surface area contributed by atoms with Gasteiger partial charge in [0.25, 0.3) is 5.91 Å². The van der Waals surface area contributed by atoms with Gasteiger partial charge in [0, 0.05) is 43.4 Å². The van der Waals surface area contributed by atoms with Gasteiger partial charge in [-0.15, -0.1) is 0 Å². The molecular formula is C27H26ClN5O3. The van der Waals surface area contributed by atoms with Crippen molar-refractivity contribution >= 4 is 29.1 Å². The predicted molar refractivity (Wildman–Crippen MR) is 139 cm³/mol. The van der Waals surface area contributed by atoms with Gasteiger partial charge >= 0.3 is 0 Å². The first-order valence-corrected chi connectivity index (χ1v) is 11.8. The van der Waals surface area contributed by atoms with Crippen LogP contribution in [0.3, 0.4) is 0 Å². The number of pyridine rings is 1. The second-order valence-corrected chi connectivity index (χ2v) is 8.92. The van der Waals surface area contributed by atoms with Gasteiger partial charge in [-0.2, -0.15) is 9.83 Å². The van der Waals surface area contributed by atoms with E-state index in [9.17, 15) is 14.8 Å². The highest BCUT2D eigenvalue weighted by molar-refractivity contribution is 6.31. The highest BCUT2D eigenvalue weighted by Gasteiger charge is 2.24. The second-order valence-electron chi connectivity index (χ2n) is 8.51. The second kappa shape index (κ2) is 10.6. The number of amides is 2. The molecule has 4 rings (SSSR count). The summed E-state index contributed by atoms with van der Waals surface area (Å²) in [5, 5.41) is 22.3.